The number of carbonyl (C=O) groups excluding carboxylic acids is 1. The third-order valence-electron chi connectivity index (χ3n) is 1.84. The summed E-state index contributed by atoms with van der Waals surface area (Å²) in [6.07, 6.45) is 0. The van der Waals surface area contributed by atoms with Crippen molar-refractivity contribution in [3.63, 3.8) is 0 Å². The van der Waals surface area contributed by atoms with E-state index in [4.69, 9.17) is 0 Å². The predicted molar refractivity (Wildman–Crippen MR) is 51.9 cm³/mol. The molecule has 2 amide bonds. The number of para-hydroxylation sites is 1. The van der Waals surface area contributed by atoms with Gasteiger partial charge in [-0.1, -0.05) is 23.4 Å². The highest BCUT2D eigenvalue weighted by molar-refractivity contribution is 5.89. The summed E-state index contributed by atoms with van der Waals surface area (Å²) in [6, 6.07) is 9.03. The lowest BCUT2D eigenvalue weighted by molar-refractivity contribution is 0.219. The Balaban J connectivity index is 1.98. The van der Waals surface area contributed by atoms with Gasteiger partial charge in [-0.05, 0) is 12.1 Å². The van der Waals surface area contributed by atoms with Gasteiger partial charge < -0.3 is 5.32 Å². The van der Waals surface area contributed by atoms with E-state index in [9.17, 15) is 4.79 Å². The van der Waals surface area contributed by atoms with E-state index in [1.807, 2.05) is 30.3 Å². The van der Waals surface area contributed by atoms with Crippen molar-refractivity contribution in [2.75, 3.05) is 18.4 Å². The number of urea groups is 1. The summed E-state index contributed by atoms with van der Waals surface area (Å²) in [5.41, 5.74) is 0.764. The van der Waals surface area contributed by atoms with Crippen molar-refractivity contribution in [2.45, 2.75) is 0 Å². The minimum absolute atomic E-state index is 0.238. The molecule has 1 aromatic rings. The Morgan fingerprint density at radius 3 is 2.79 bits per heavy atom. The molecule has 0 spiro atoms. The first-order valence-corrected chi connectivity index (χ1v) is 4.37. The van der Waals surface area contributed by atoms with Crippen LogP contribution in [0, 0.1) is 0 Å². The van der Waals surface area contributed by atoms with Gasteiger partial charge in [0.1, 0.15) is 0 Å². The van der Waals surface area contributed by atoms with E-state index >= 15 is 0 Å². The summed E-state index contributed by atoms with van der Waals surface area (Å²) < 4.78 is 0. The maximum Gasteiger partial charge on any atom is 0.343 e. The maximum absolute atomic E-state index is 11.5. The summed E-state index contributed by atoms with van der Waals surface area (Å²) in [4.78, 5) is 11.5. The lowest BCUT2D eigenvalue weighted by atomic mass is 10.3. The number of carbonyl (C=O) groups is 1. The van der Waals surface area contributed by atoms with Gasteiger partial charge >= 0.3 is 6.03 Å². The topological polar surface area (TPSA) is 57.1 Å². The van der Waals surface area contributed by atoms with Crippen LogP contribution < -0.4 is 5.32 Å². The van der Waals surface area contributed by atoms with Gasteiger partial charge in [0.15, 0.2) is 0 Å². The number of nitrogens with zero attached hydrogens (tertiary/aromatic N) is 3. The zero-order valence-corrected chi connectivity index (χ0v) is 7.55. The zero-order chi connectivity index (χ0) is 9.80. The molecular weight excluding hydrogens is 180 g/mol. The molecule has 0 fully saturated rings. The minimum Gasteiger partial charge on any atom is -0.306 e. The van der Waals surface area contributed by atoms with Gasteiger partial charge in [0, 0.05) is 5.69 Å². The Morgan fingerprint density at radius 1 is 1.36 bits per heavy atom. The van der Waals surface area contributed by atoms with Crippen LogP contribution in [-0.2, 0) is 0 Å². The normalized spacial score (nSPS) is 14.4. The molecule has 14 heavy (non-hydrogen) atoms. The molecule has 1 N–H and O–H groups in total. The average molecular weight is 190 g/mol. The highest BCUT2D eigenvalue weighted by Gasteiger charge is 2.15. The van der Waals surface area contributed by atoms with Crippen LogP contribution in [0.5, 0.6) is 0 Å². The van der Waals surface area contributed by atoms with Crippen molar-refractivity contribution >= 4 is 11.7 Å². The van der Waals surface area contributed by atoms with Crippen molar-refractivity contribution in [1.82, 2.24) is 5.01 Å². The van der Waals surface area contributed by atoms with Crippen molar-refractivity contribution in [1.29, 1.82) is 0 Å². The van der Waals surface area contributed by atoms with Crippen LogP contribution in [0.15, 0.2) is 40.7 Å². The predicted octanol–water partition coefficient (Wildman–Crippen LogP) is 1.90. The lowest BCUT2D eigenvalue weighted by Crippen LogP contribution is -2.29. The lowest BCUT2D eigenvalue weighted by Gasteiger charge is -2.10. The molecule has 0 unspecified atom stereocenters. The van der Waals surface area contributed by atoms with Crippen LogP contribution in [0.1, 0.15) is 0 Å². The molecule has 0 radical (unpaired) electrons. The van der Waals surface area contributed by atoms with E-state index in [0.29, 0.717) is 13.1 Å². The molecule has 0 saturated carbocycles. The second-order valence-electron chi connectivity index (χ2n) is 2.87. The van der Waals surface area contributed by atoms with Gasteiger partial charge in [-0.25, -0.2) is 4.79 Å². The number of nitrogens with one attached hydrogen (secondary N) is 1. The number of amides is 2. The first-order chi connectivity index (χ1) is 6.86. The van der Waals surface area contributed by atoms with E-state index in [-0.39, 0.29) is 6.03 Å². The Hall–Kier alpha value is -1.91. The Bertz CT molecular complexity index is 349. The fraction of sp³-hybridized carbons (Fsp3) is 0.222. The second kappa shape index (κ2) is 3.87. The fourth-order valence-corrected chi connectivity index (χ4v) is 1.16. The van der Waals surface area contributed by atoms with Gasteiger partial charge in [-0.15, -0.1) is 0 Å². The van der Waals surface area contributed by atoms with Crippen molar-refractivity contribution in [3.05, 3.63) is 30.3 Å². The summed E-state index contributed by atoms with van der Waals surface area (Å²) in [5.74, 6) is 0. The van der Waals surface area contributed by atoms with Crippen LogP contribution >= 0.6 is 0 Å². The Kier molecular flexibility index (Phi) is 2.40. The monoisotopic (exact) mass is 190 g/mol. The number of benzene rings is 1. The third kappa shape index (κ3) is 1.87. The van der Waals surface area contributed by atoms with Crippen LogP contribution in [-0.4, -0.2) is 24.1 Å². The van der Waals surface area contributed by atoms with Crippen molar-refractivity contribution in [3.8, 4) is 0 Å². The molecule has 0 saturated heterocycles. The van der Waals surface area contributed by atoms with Crippen LogP contribution in [0.3, 0.4) is 0 Å². The van der Waals surface area contributed by atoms with Crippen LogP contribution in [0.25, 0.3) is 0 Å². The van der Waals surface area contributed by atoms with E-state index in [1.54, 1.807) is 0 Å². The summed E-state index contributed by atoms with van der Waals surface area (Å²) in [7, 11) is 0. The molecule has 0 bridgehead atoms. The standard InChI is InChI=1S/C9H10N4O/c14-9(13-7-6-10-12-13)11-8-4-2-1-3-5-8/h1-5H,6-7H2,(H,11,14). The maximum atomic E-state index is 11.5. The molecule has 1 aromatic carbocycles. The highest BCUT2D eigenvalue weighted by atomic mass is 16.2. The molecule has 1 aliphatic heterocycles. The molecule has 0 atom stereocenters. The molecule has 72 valence electrons. The first kappa shape index (κ1) is 8.68. The van der Waals surface area contributed by atoms with Gasteiger partial charge in [-0.2, -0.15) is 10.1 Å². The molecular formula is C9H10N4O. The third-order valence-corrected chi connectivity index (χ3v) is 1.84. The summed E-state index contributed by atoms with van der Waals surface area (Å²) in [5, 5.41) is 11.4. The largest absolute Gasteiger partial charge is 0.343 e. The van der Waals surface area contributed by atoms with E-state index in [2.05, 4.69) is 15.7 Å². The minimum atomic E-state index is -0.238. The summed E-state index contributed by atoms with van der Waals surface area (Å²) in [6.45, 7) is 1.14. The van der Waals surface area contributed by atoms with Crippen molar-refractivity contribution in [2.24, 2.45) is 10.3 Å². The van der Waals surface area contributed by atoms with Gasteiger partial charge in [0.2, 0.25) is 0 Å². The molecule has 5 nitrogen and oxygen atoms in total. The van der Waals surface area contributed by atoms with Gasteiger partial charge in [0.05, 0.1) is 13.1 Å². The Labute approximate surface area is 81.4 Å². The summed E-state index contributed by atoms with van der Waals surface area (Å²) >= 11 is 0. The average Bonchev–Trinajstić information content (AvgIpc) is 2.72. The smallest absolute Gasteiger partial charge is 0.306 e. The quantitative estimate of drug-likeness (QED) is 0.722. The first-order valence-electron chi connectivity index (χ1n) is 4.37. The number of hydrogen-bond acceptors (Lipinski definition) is 3. The molecule has 1 aliphatic rings. The molecule has 0 aliphatic carbocycles. The number of hydrogen-bond donors (Lipinski definition) is 1. The molecule has 2 rings (SSSR count). The second-order valence-corrected chi connectivity index (χ2v) is 2.87. The highest BCUT2D eigenvalue weighted by Crippen LogP contribution is 2.08. The fourth-order valence-electron chi connectivity index (χ4n) is 1.16. The van der Waals surface area contributed by atoms with Gasteiger partial charge in [0.25, 0.3) is 0 Å². The van der Waals surface area contributed by atoms with Crippen LogP contribution in [0.4, 0.5) is 10.5 Å². The molecule has 5 heteroatoms. The zero-order valence-electron chi connectivity index (χ0n) is 7.55. The Morgan fingerprint density at radius 2 is 2.14 bits per heavy atom. The van der Waals surface area contributed by atoms with E-state index in [1.165, 1.54) is 5.01 Å². The number of rotatable bonds is 1. The molecule has 0 aromatic heterocycles. The van der Waals surface area contributed by atoms with E-state index < -0.39 is 0 Å². The van der Waals surface area contributed by atoms with Gasteiger partial charge in [-0.3, -0.25) is 0 Å². The van der Waals surface area contributed by atoms with E-state index in [0.717, 1.165) is 5.69 Å². The number of anilines is 1. The SMILES string of the molecule is O=C(Nc1ccccc1)N1CCN=N1. The molecule has 1 heterocycles. The van der Waals surface area contributed by atoms with Crippen LogP contribution in [0.2, 0.25) is 0 Å². The van der Waals surface area contributed by atoms with Crippen molar-refractivity contribution < 1.29 is 4.79 Å².